The van der Waals surface area contributed by atoms with Gasteiger partial charge in [0.05, 0.1) is 0 Å². The summed E-state index contributed by atoms with van der Waals surface area (Å²) in [6.45, 7) is 4.23. The number of sulfonamides is 1. The molecule has 1 aromatic carbocycles. The maximum Gasteiger partial charge on any atom is 0.269 e. The summed E-state index contributed by atoms with van der Waals surface area (Å²) in [5.41, 5.74) is 1.33. The lowest BCUT2D eigenvalue weighted by Crippen LogP contribution is -2.24. The van der Waals surface area contributed by atoms with Gasteiger partial charge in [0, 0.05) is 12.1 Å². The molecule has 0 fully saturated rings. The quantitative estimate of drug-likeness (QED) is 0.551. The molecule has 0 unspecified atom stereocenters. The maximum atomic E-state index is 12.2. The number of nitrogens with zero attached hydrogens (tertiary/aromatic N) is 2. The van der Waals surface area contributed by atoms with E-state index in [9.17, 15) is 13.2 Å². The van der Waals surface area contributed by atoms with Gasteiger partial charge in [-0.05, 0) is 25.0 Å². The number of unbranched alkanes of at least 4 members (excludes halogenated alkanes) is 2. The van der Waals surface area contributed by atoms with Crippen LogP contribution in [0.25, 0.3) is 0 Å². The number of carbonyl (C=O) groups excluding carboxylic acids is 1. The van der Waals surface area contributed by atoms with Gasteiger partial charge in [0.15, 0.2) is 0 Å². The second kappa shape index (κ2) is 8.32. The molecule has 24 heavy (non-hydrogen) atoms. The molecular weight excluding hydrogens is 348 g/mol. The van der Waals surface area contributed by atoms with Crippen molar-refractivity contribution in [1.82, 2.24) is 14.9 Å². The molecule has 2 N–H and O–H groups in total. The number of anilines is 1. The van der Waals surface area contributed by atoms with E-state index in [0.717, 1.165) is 36.2 Å². The van der Waals surface area contributed by atoms with Gasteiger partial charge in [-0.1, -0.05) is 49.3 Å². The van der Waals surface area contributed by atoms with E-state index in [1.165, 1.54) is 0 Å². The van der Waals surface area contributed by atoms with Crippen molar-refractivity contribution in [2.75, 3.05) is 11.9 Å². The molecule has 0 aliphatic carbocycles. The second-order valence-corrected chi connectivity index (χ2v) is 8.17. The van der Waals surface area contributed by atoms with Gasteiger partial charge in [0.25, 0.3) is 15.9 Å². The topological polar surface area (TPSA) is 101 Å². The van der Waals surface area contributed by atoms with E-state index >= 15 is 0 Å². The SMILES string of the molecule is CCCCCNS(=O)(=O)c1nnc(NC(=O)c2ccccc2C)s1. The van der Waals surface area contributed by atoms with Crippen molar-refractivity contribution in [3.8, 4) is 0 Å². The van der Waals surface area contributed by atoms with Crippen molar-refractivity contribution < 1.29 is 13.2 Å². The number of aryl methyl sites for hydroxylation is 1. The van der Waals surface area contributed by atoms with Crippen LogP contribution in [-0.4, -0.2) is 31.1 Å². The molecular formula is C15H20N4O3S2. The summed E-state index contributed by atoms with van der Waals surface area (Å²) in [6.07, 6.45) is 2.73. The zero-order valence-electron chi connectivity index (χ0n) is 13.6. The van der Waals surface area contributed by atoms with Gasteiger partial charge in [-0.25, -0.2) is 13.1 Å². The Morgan fingerprint density at radius 2 is 1.96 bits per heavy atom. The summed E-state index contributed by atoms with van der Waals surface area (Å²) in [5.74, 6) is -0.343. The number of hydrogen-bond donors (Lipinski definition) is 2. The monoisotopic (exact) mass is 368 g/mol. The molecule has 0 radical (unpaired) electrons. The number of benzene rings is 1. The summed E-state index contributed by atoms with van der Waals surface area (Å²) in [6, 6.07) is 7.12. The number of amides is 1. The van der Waals surface area contributed by atoms with Gasteiger partial charge in [-0.3, -0.25) is 10.1 Å². The maximum absolute atomic E-state index is 12.2. The Morgan fingerprint density at radius 3 is 2.67 bits per heavy atom. The van der Waals surface area contributed by atoms with E-state index in [1.54, 1.807) is 12.1 Å². The largest absolute Gasteiger partial charge is 0.296 e. The van der Waals surface area contributed by atoms with Crippen LogP contribution in [0.2, 0.25) is 0 Å². The zero-order valence-corrected chi connectivity index (χ0v) is 15.2. The normalized spacial score (nSPS) is 11.4. The van der Waals surface area contributed by atoms with Gasteiger partial charge >= 0.3 is 0 Å². The van der Waals surface area contributed by atoms with Crippen molar-refractivity contribution in [2.45, 2.75) is 37.4 Å². The van der Waals surface area contributed by atoms with Crippen LogP contribution in [0.1, 0.15) is 42.1 Å². The predicted molar refractivity (Wildman–Crippen MR) is 93.8 cm³/mol. The Balaban J connectivity index is 2.02. The van der Waals surface area contributed by atoms with E-state index in [4.69, 9.17) is 0 Å². The Kier molecular flexibility index (Phi) is 6.41. The molecule has 0 atom stereocenters. The van der Waals surface area contributed by atoms with Gasteiger partial charge in [-0.2, -0.15) is 0 Å². The summed E-state index contributed by atoms with van der Waals surface area (Å²) < 4.78 is 26.5. The van der Waals surface area contributed by atoms with Crippen LogP contribution >= 0.6 is 11.3 Å². The highest BCUT2D eigenvalue weighted by atomic mass is 32.2. The van der Waals surface area contributed by atoms with Crippen LogP contribution in [0.5, 0.6) is 0 Å². The fourth-order valence-corrected chi connectivity index (χ4v) is 4.01. The van der Waals surface area contributed by atoms with Crippen molar-refractivity contribution in [3.63, 3.8) is 0 Å². The van der Waals surface area contributed by atoms with E-state index in [2.05, 4.69) is 20.2 Å². The molecule has 0 bridgehead atoms. The molecule has 9 heteroatoms. The third-order valence-electron chi connectivity index (χ3n) is 3.32. The van der Waals surface area contributed by atoms with E-state index < -0.39 is 10.0 Å². The Hall–Kier alpha value is -1.84. The second-order valence-electron chi connectivity index (χ2n) is 5.25. The average Bonchev–Trinajstić information content (AvgIpc) is 3.01. The lowest BCUT2D eigenvalue weighted by atomic mass is 10.1. The molecule has 0 aliphatic heterocycles. The van der Waals surface area contributed by atoms with Crippen LogP contribution in [0.15, 0.2) is 28.6 Å². The lowest BCUT2D eigenvalue weighted by Gasteiger charge is -2.04. The summed E-state index contributed by atoms with van der Waals surface area (Å²) in [7, 11) is -3.68. The number of carbonyl (C=O) groups is 1. The lowest BCUT2D eigenvalue weighted by molar-refractivity contribution is 0.102. The summed E-state index contributed by atoms with van der Waals surface area (Å²) in [4.78, 5) is 12.2. The molecule has 2 aromatic rings. The molecule has 1 heterocycles. The first kappa shape index (κ1) is 18.5. The fraction of sp³-hybridized carbons (Fsp3) is 0.400. The minimum absolute atomic E-state index is 0.150. The first-order chi connectivity index (χ1) is 11.4. The van der Waals surface area contributed by atoms with Crippen LogP contribution in [0.4, 0.5) is 5.13 Å². The molecule has 1 aromatic heterocycles. The molecule has 0 aliphatic rings. The smallest absolute Gasteiger partial charge is 0.269 e. The molecule has 1 amide bonds. The van der Waals surface area contributed by atoms with Crippen LogP contribution < -0.4 is 10.0 Å². The highest BCUT2D eigenvalue weighted by molar-refractivity contribution is 7.91. The standard InChI is InChI=1S/C15H20N4O3S2/c1-3-4-7-10-16-24(21,22)15-19-18-14(23-15)17-13(20)12-9-6-5-8-11(12)2/h5-6,8-9,16H,3-4,7,10H2,1-2H3,(H,17,18,20). The van der Waals surface area contributed by atoms with Crippen molar-refractivity contribution in [3.05, 3.63) is 35.4 Å². The van der Waals surface area contributed by atoms with Crippen molar-refractivity contribution in [1.29, 1.82) is 0 Å². The molecule has 0 saturated carbocycles. The van der Waals surface area contributed by atoms with Gasteiger partial charge in [0.2, 0.25) is 9.47 Å². The predicted octanol–water partition coefficient (Wildman–Crippen LogP) is 2.57. The number of nitrogens with one attached hydrogen (secondary N) is 2. The third kappa shape index (κ3) is 4.83. The van der Waals surface area contributed by atoms with Crippen molar-refractivity contribution in [2.24, 2.45) is 0 Å². The van der Waals surface area contributed by atoms with Gasteiger partial charge in [0.1, 0.15) is 0 Å². The molecule has 0 spiro atoms. The van der Waals surface area contributed by atoms with E-state index in [-0.39, 0.29) is 15.4 Å². The Bertz CT molecular complexity index is 803. The minimum atomic E-state index is -3.68. The summed E-state index contributed by atoms with van der Waals surface area (Å²) in [5, 5.41) is 10.1. The highest BCUT2D eigenvalue weighted by Gasteiger charge is 2.20. The summed E-state index contributed by atoms with van der Waals surface area (Å²) >= 11 is 0.828. The Labute approximate surface area is 145 Å². The first-order valence-electron chi connectivity index (χ1n) is 7.64. The number of rotatable bonds is 8. The van der Waals surface area contributed by atoms with Crippen molar-refractivity contribution >= 4 is 32.4 Å². The molecule has 2 rings (SSSR count). The van der Waals surface area contributed by atoms with Crippen LogP contribution in [0, 0.1) is 6.92 Å². The van der Waals surface area contributed by atoms with E-state index in [0.29, 0.717) is 12.1 Å². The highest BCUT2D eigenvalue weighted by Crippen LogP contribution is 2.21. The minimum Gasteiger partial charge on any atom is -0.296 e. The van der Waals surface area contributed by atoms with E-state index in [1.807, 2.05) is 26.0 Å². The third-order valence-corrected chi connectivity index (χ3v) is 5.99. The first-order valence-corrected chi connectivity index (χ1v) is 9.94. The number of hydrogen-bond acceptors (Lipinski definition) is 6. The Morgan fingerprint density at radius 1 is 1.21 bits per heavy atom. The van der Waals surface area contributed by atoms with Crippen LogP contribution in [-0.2, 0) is 10.0 Å². The molecule has 130 valence electrons. The van der Waals surface area contributed by atoms with Gasteiger partial charge < -0.3 is 0 Å². The number of aromatic nitrogens is 2. The molecule has 0 saturated heterocycles. The average molecular weight is 368 g/mol. The molecule has 7 nitrogen and oxygen atoms in total. The fourth-order valence-electron chi connectivity index (χ4n) is 2.00. The van der Waals surface area contributed by atoms with Crippen LogP contribution in [0.3, 0.4) is 0 Å². The van der Waals surface area contributed by atoms with Gasteiger partial charge in [-0.15, -0.1) is 10.2 Å². The zero-order chi connectivity index (χ0) is 17.6.